The fourth-order valence-corrected chi connectivity index (χ4v) is 2.27. The van der Waals surface area contributed by atoms with Gasteiger partial charge in [-0.05, 0) is 37.1 Å². The number of nitrogens with one attached hydrogen (secondary N) is 1. The summed E-state index contributed by atoms with van der Waals surface area (Å²) >= 11 is 0. The lowest BCUT2D eigenvalue weighted by atomic mass is 10.0. The minimum absolute atomic E-state index is 0.0517. The number of benzene rings is 1. The molecule has 1 unspecified atom stereocenters. The molecule has 1 aliphatic heterocycles. The highest BCUT2D eigenvalue weighted by molar-refractivity contribution is 5.81. The Morgan fingerprint density at radius 1 is 1.39 bits per heavy atom. The molecule has 0 saturated carbocycles. The molecule has 2 rings (SSSR count). The highest BCUT2D eigenvalue weighted by atomic mass is 19.1. The molecule has 4 heteroatoms. The molecule has 1 aliphatic rings. The summed E-state index contributed by atoms with van der Waals surface area (Å²) in [5.74, 6) is -0.124. The van der Waals surface area contributed by atoms with Gasteiger partial charge in [0.05, 0.1) is 6.04 Å². The first-order valence-electron chi connectivity index (χ1n) is 6.39. The zero-order valence-corrected chi connectivity index (χ0v) is 10.7. The summed E-state index contributed by atoms with van der Waals surface area (Å²) in [6.45, 7) is 1.44. The maximum Gasteiger partial charge on any atom is 0.239 e. The van der Waals surface area contributed by atoms with Gasteiger partial charge < -0.3 is 10.2 Å². The van der Waals surface area contributed by atoms with Crippen molar-refractivity contribution < 1.29 is 9.18 Å². The summed E-state index contributed by atoms with van der Waals surface area (Å²) in [4.78, 5) is 13.9. The van der Waals surface area contributed by atoms with Crippen LogP contribution in [0.4, 0.5) is 4.39 Å². The molecule has 0 bridgehead atoms. The third-order valence-electron chi connectivity index (χ3n) is 3.32. The van der Waals surface area contributed by atoms with E-state index in [2.05, 4.69) is 5.32 Å². The van der Waals surface area contributed by atoms with Crippen molar-refractivity contribution in [3.05, 3.63) is 35.6 Å². The first-order valence-corrected chi connectivity index (χ1v) is 6.39. The molecule has 1 saturated heterocycles. The van der Waals surface area contributed by atoms with E-state index >= 15 is 0 Å². The number of piperidine rings is 1. The second-order valence-electron chi connectivity index (χ2n) is 4.82. The third kappa shape index (κ3) is 3.29. The third-order valence-corrected chi connectivity index (χ3v) is 3.32. The van der Waals surface area contributed by atoms with E-state index in [1.807, 2.05) is 0 Å². The van der Waals surface area contributed by atoms with Crippen LogP contribution in [0.3, 0.4) is 0 Å². The van der Waals surface area contributed by atoms with E-state index in [0.717, 1.165) is 31.4 Å². The van der Waals surface area contributed by atoms with Gasteiger partial charge in [0.25, 0.3) is 0 Å². The van der Waals surface area contributed by atoms with Gasteiger partial charge in [0.1, 0.15) is 5.82 Å². The van der Waals surface area contributed by atoms with Gasteiger partial charge in [-0.3, -0.25) is 4.79 Å². The molecule has 18 heavy (non-hydrogen) atoms. The van der Waals surface area contributed by atoms with Gasteiger partial charge in [-0.25, -0.2) is 4.39 Å². The van der Waals surface area contributed by atoms with E-state index in [4.69, 9.17) is 0 Å². The quantitative estimate of drug-likeness (QED) is 0.889. The Bertz CT molecular complexity index is 399. The van der Waals surface area contributed by atoms with Crippen molar-refractivity contribution in [3.8, 4) is 0 Å². The van der Waals surface area contributed by atoms with Crippen molar-refractivity contribution in [1.29, 1.82) is 0 Å². The van der Waals surface area contributed by atoms with Gasteiger partial charge in [-0.2, -0.15) is 0 Å². The molecular weight excluding hydrogens is 231 g/mol. The predicted molar refractivity (Wildman–Crippen MR) is 68.5 cm³/mol. The monoisotopic (exact) mass is 250 g/mol. The number of halogens is 1. The number of carbonyl (C=O) groups excluding carboxylic acids is 1. The van der Waals surface area contributed by atoms with Crippen LogP contribution in [0.1, 0.15) is 24.8 Å². The Morgan fingerprint density at radius 3 is 2.72 bits per heavy atom. The average Bonchev–Trinajstić information content (AvgIpc) is 2.41. The second kappa shape index (κ2) is 5.96. The Hall–Kier alpha value is -1.42. The summed E-state index contributed by atoms with van der Waals surface area (Å²) in [5, 5.41) is 3.24. The smallest absolute Gasteiger partial charge is 0.239 e. The van der Waals surface area contributed by atoms with Crippen LogP contribution in [0.2, 0.25) is 0 Å². The first kappa shape index (κ1) is 13.0. The van der Waals surface area contributed by atoms with E-state index in [-0.39, 0.29) is 17.8 Å². The largest absolute Gasteiger partial charge is 0.340 e. The van der Waals surface area contributed by atoms with Crippen LogP contribution >= 0.6 is 0 Å². The molecule has 1 N–H and O–H groups in total. The van der Waals surface area contributed by atoms with Crippen LogP contribution in [-0.4, -0.2) is 30.4 Å². The van der Waals surface area contributed by atoms with E-state index in [1.165, 1.54) is 12.1 Å². The summed E-state index contributed by atoms with van der Waals surface area (Å²) < 4.78 is 12.8. The van der Waals surface area contributed by atoms with E-state index in [0.29, 0.717) is 6.54 Å². The lowest BCUT2D eigenvalue weighted by Crippen LogP contribution is -2.46. The molecule has 1 heterocycles. The van der Waals surface area contributed by atoms with Crippen molar-refractivity contribution in [2.24, 2.45) is 0 Å². The van der Waals surface area contributed by atoms with Crippen LogP contribution < -0.4 is 5.32 Å². The van der Waals surface area contributed by atoms with E-state index in [9.17, 15) is 9.18 Å². The predicted octanol–water partition coefficient (Wildman–Crippen LogP) is 1.93. The van der Waals surface area contributed by atoms with E-state index < -0.39 is 0 Å². The van der Waals surface area contributed by atoms with Crippen molar-refractivity contribution in [2.75, 3.05) is 13.6 Å². The van der Waals surface area contributed by atoms with Crippen molar-refractivity contribution in [2.45, 2.75) is 31.8 Å². The fraction of sp³-hybridized carbons (Fsp3) is 0.500. The molecule has 98 valence electrons. The Morgan fingerprint density at radius 2 is 2.11 bits per heavy atom. The Balaban J connectivity index is 1.92. The second-order valence-corrected chi connectivity index (χ2v) is 4.82. The van der Waals surface area contributed by atoms with Gasteiger partial charge >= 0.3 is 0 Å². The number of likely N-dealkylation sites (N-methyl/N-ethyl adjacent to an activating group) is 1. The number of amides is 1. The molecular formula is C14H19FN2O. The fourth-order valence-electron chi connectivity index (χ4n) is 2.27. The number of hydrogen-bond donors (Lipinski definition) is 1. The molecule has 1 aromatic rings. The molecule has 1 amide bonds. The molecule has 1 aromatic carbocycles. The van der Waals surface area contributed by atoms with Gasteiger partial charge in [0, 0.05) is 13.6 Å². The maximum atomic E-state index is 12.8. The highest BCUT2D eigenvalue weighted by Crippen LogP contribution is 2.11. The number of rotatable bonds is 3. The molecule has 1 fully saturated rings. The lowest BCUT2D eigenvalue weighted by Gasteiger charge is -2.27. The van der Waals surface area contributed by atoms with Crippen LogP contribution in [0, 0.1) is 5.82 Å². The summed E-state index contributed by atoms with van der Waals surface area (Å²) in [5.41, 5.74) is 0.947. The highest BCUT2D eigenvalue weighted by Gasteiger charge is 2.23. The first-order chi connectivity index (χ1) is 8.66. The molecule has 0 aromatic heterocycles. The Kier molecular flexibility index (Phi) is 4.31. The van der Waals surface area contributed by atoms with E-state index in [1.54, 1.807) is 24.1 Å². The minimum atomic E-state index is -0.248. The SMILES string of the molecule is CN(Cc1ccc(F)cc1)C(=O)C1CCCCN1. The summed E-state index contributed by atoms with van der Waals surface area (Å²) in [6, 6.07) is 6.23. The van der Waals surface area contributed by atoms with Crippen molar-refractivity contribution in [1.82, 2.24) is 10.2 Å². The molecule has 0 radical (unpaired) electrons. The number of carbonyl (C=O) groups is 1. The van der Waals surface area contributed by atoms with Crippen LogP contribution in [0.5, 0.6) is 0 Å². The lowest BCUT2D eigenvalue weighted by molar-refractivity contribution is -0.133. The molecule has 1 atom stereocenters. The normalized spacial score (nSPS) is 19.6. The van der Waals surface area contributed by atoms with Crippen LogP contribution in [0.25, 0.3) is 0 Å². The molecule has 0 spiro atoms. The maximum absolute atomic E-state index is 12.8. The van der Waals surface area contributed by atoms with Gasteiger partial charge in [0.2, 0.25) is 5.91 Å². The van der Waals surface area contributed by atoms with Crippen LogP contribution in [0.15, 0.2) is 24.3 Å². The van der Waals surface area contributed by atoms with Gasteiger partial charge in [-0.15, -0.1) is 0 Å². The zero-order chi connectivity index (χ0) is 13.0. The topological polar surface area (TPSA) is 32.3 Å². The minimum Gasteiger partial charge on any atom is -0.340 e. The molecule has 0 aliphatic carbocycles. The zero-order valence-electron chi connectivity index (χ0n) is 10.7. The molecule has 3 nitrogen and oxygen atoms in total. The van der Waals surface area contributed by atoms with Crippen LogP contribution in [-0.2, 0) is 11.3 Å². The summed E-state index contributed by atoms with van der Waals surface area (Å²) in [6.07, 6.45) is 3.16. The van der Waals surface area contributed by atoms with Crippen molar-refractivity contribution >= 4 is 5.91 Å². The average molecular weight is 250 g/mol. The van der Waals surface area contributed by atoms with Gasteiger partial charge in [-0.1, -0.05) is 18.6 Å². The number of hydrogen-bond acceptors (Lipinski definition) is 2. The van der Waals surface area contributed by atoms with Gasteiger partial charge in [0.15, 0.2) is 0 Å². The Labute approximate surface area is 107 Å². The summed E-state index contributed by atoms with van der Waals surface area (Å²) in [7, 11) is 1.79. The number of nitrogens with zero attached hydrogens (tertiary/aromatic N) is 1. The standard InChI is InChI=1S/C14H19FN2O/c1-17(10-11-5-7-12(15)8-6-11)14(18)13-4-2-3-9-16-13/h5-8,13,16H,2-4,9-10H2,1H3. The van der Waals surface area contributed by atoms with Crippen molar-refractivity contribution in [3.63, 3.8) is 0 Å².